The fraction of sp³-hybridized carbons (Fsp3) is 0.952. The number of esters is 4. The second-order valence-corrected chi connectivity index (χ2v) is 34.3. The molecule has 612 valence electrons. The minimum atomic E-state index is -4.96. The van der Waals surface area contributed by atoms with Gasteiger partial charge in [-0.05, 0) is 43.4 Å². The summed E-state index contributed by atoms with van der Waals surface area (Å²) in [6, 6.07) is 0. The molecule has 0 fully saturated rings. The summed E-state index contributed by atoms with van der Waals surface area (Å²) in [5.74, 6) is 0.268. The summed E-state index contributed by atoms with van der Waals surface area (Å²) in [5.41, 5.74) is 0. The summed E-state index contributed by atoms with van der Waals surface area (Å²) in [6.07, 6.45) is 63.9. The van der Waals surface area contributed by atoms with Crippen molar-refractivity contribution in [2.75, 3.05) is 39.6 Å². The Balaban J connectivity index is 5.23. The van der Waals surface area contributed by atoms with Crippen LogP contribution < -0.4 is 0 Å². The van der Waals surface area contributed by atoms with Crippen molar-refractivity contribution in [2.45, 2.75) is 458 Å². The average molecular weight is 1510 g/mol. The van der Waals surface area contributed by atoms with Crippen molar-refractivity contribution in [1.82, 2.24) is 0 Å². The molecule has 0 bridgehead atoms. The van der Waals surface area contributed by atoms with Gasteiger partial charge >= 0.3 is 39.5 Å². The van der Waals surface area contributed by atoms with E-state index in [0.717, 1.165) is 108 Å². The Bertz CT molecular complexity index is 1990. The van der Waals surface area contributed by atoms with Crippen LogP contribution in [0, 0.1) is 17.8 Å². The Hall–Kier alpha value is -1.94. The van der Waals surface area contributed by atoms with Crippen molar-refractivity contribution in [1.29, 1.82) is 0 Å². The monoisotopic (exact) mass is 1510 g/mol. The number of carbonyl (C=O) groups excluding carboxylic acids is 4. The summed E-state index contributed by atoms with van der Waals surface area (Å²) in [6.45, 7) is 12.0. The standard InChI is InChI=1S/C84H164O17P2/c1-8-10-11-12-13-14-15-16-27-33-38-45-53-60-67-84(89)101-80(72-95-82(87)66-59-52-47-40-42-49-56-63-76(5)6)74-99-103(92,93)97-70-78(85)69-96-102(90,91)98-73-79(71-94-81(86)65-58-51-44-37-32-28-24-23-26-31-36-43-50-57-64-77(7)9-2)100-83(88)68-61-54-46-39-34-29-22-20-18-17-19-21-25-30-35-41-48-55-62-75(3)4/h75-80,85H,8-74H2,1-7H3,(H,90,91)(H,92,93)/t77?,78-,79-,80-/m1/s1. The van der Waals surface area contributed by atoms with Crippen LogP contribution in [0.5, 0.6) is 0 Å². The van der Waals surface area contributed by atoms with Gasteiger partial charge in [-0.25, -0.2) is 9.13 Å². The van der Waals surface area contributed by atoms with Gasteiger partial charge in [-0.3, -0.25) is 37.3 Å². The topological polar surface area (TPSA) is 237 Å². The molecule has 0 aliphatic carbocycles. The number of carbonyl (C=O) groups is 4. The van der Waals surface area contributed by atoms with E-state index in [2.05, 4.69) is 48.5 Å². The molecule has 0 saturated heterocycles. The highest BCUT2D eigenvalue weighted by atomic mass is 31.2. The lowest BCUT2D eigenvalue weighted by Gasteiger charge is -2.21. The fourth-order valence-electron chi connectivity index (χ4n) is 13.0. The zero-order valence-corrected chi connectivity index (χ0v) is 69.6. The maximum atomic E-state index is 13.1. The van der Waals surface area contributed by atoms with E-state index in [1.807, 2.05) is 0 Å². The molecule has 0 aromatic carbocycles. The highest BCUT2D eigenvalue weighted by Crippen LogP contribution is 2.45. The summed E-state index contributed by atoms with van der Waals surface area (Å²) in [7, 11) is -9.92. The number of unbranched alkanes of at least 4 members (excludes halogenated alkanes) is 49. The minimum absolute atomic E-state index is 0.107. The maximum Gasteiger partial charge on any atom is 0.472 e. The second kappa shape index (κ2) is 74.2. The molecule has 17 nitrogen and oxygen atoms in total. The Kier molecular flexibility index (Phi) is 72.8. The first-order valence-corrected chi connectivity index (χ1v) is 46.4. The van der Waals surface area contributed by atoms with E-state index in [0.29, 0.717) is 31.6 Å². The Morgan fingerprint density at radius 2 is 0.495 bits per heavy atom. The fourth-order valence-corrected chi connectivity index (χ4v) is 14.6. The van der Waals surface area contributed by atoms with Crippen LogP contribution in [-0.4, -0.2) is 96.7 Å². The normalized spacial score (nSPS) is 14.2. The number of hydrogen-bond donors (Lipinski definition) is 3. The Labute approximate surface area is 632 Å². The molecule has 0 amide bonds. The van der Waals surface area contributed by atoms with Gasteiger partial charge in [0, 0.05) is 25.7 Å². The molecular weight excluding hydrogens is 1340 g/mol. The van der Waals surface area contributed by atoms with E-state index in [1.165, 1.54) is 244 Å². The Morgan fingerprint density at radius 3 is 0.738 bits per heavy atom. The van der Waals surface area contributed by atoms with Crippen LogP contribution in [0.1, 0.15) is 440 Å². The van der Waals surface area contributed by atoms with E-state index in [1.54, 1.807) is 0 Å². The SMILES string of the molecule is CCCCCCCCCCCCCCCCC(=O)O[C@H](COC(=O)CCCCCCCCCC(C)C)COP(=O)(O)OC[C@H](O)COP(=O)(O)OC[C@@H](COC(=O)CCCCCCCCCCCCCCCCC(C)CC)OC(=O)CCCCCCCCCCCCCCCCCCCCC(C)C. The molecule has 0 saturated carbocycles. The molecule has 3 unspecified atom stereocenters. The highest BCUT2D eigenvalue weighted by molar-refractivity contribution is 7.47. The zero-order valence-electron chi connectivity index (χ0n) is 67.8. The van der Waals surface area contributed by atoms with Crippen LogP contribution in [0.25, 0.3) is 0 Å². The molecular formula is C84H164O17P2. The molecule has 0 aromatic rings. The van der Waals surface area contributed by atoms with Crippen LogP contribution in [-0.2, 0) is 65.4 Å². The number of phosphoric ester groups is 2. The number of ether oxygens (including phenoxy) is 4. The third-order valence-corrected chi connectivity index (χ3v) is 21.9. The minimum Gasteiger partial charge on any atom is -0.462 e. The first kappa shape index (κ1) is 101. The van der Waals surface area contributed by atoms with Crippen molar-refractivity contribution >= 4 is 39.5 Å². The van der Waals surface area contributed by atoms with Gasteiger partial charge in [0.2, 0.25) is 0 Å². The molecule has 19 heteroatoms. The molecule has 0 aliphatic rings. The predicted molar refractivity (Wildman–Crippen MR) is 423 cm³/mol. The Morgan fingerprint density at radius 1 is 0.282 bits per heavy atom. The quantitative estimate of drug-likeness (QED) is 0.0222. The summed E-state index contributed by atoms with van der Waals surface area (Å²) >= 11 is 0. The first-order valence-electron chi connectivity index (χ1n) is 43.4. The molecule has 0 spiro atoms. The molecule has 0 radical (unpaired) electrons. The maximum absolute atomic E-state index is 13.1. The van der Waals surface area contributed by atoms with Crippen LogP contribution in [0.2, 0.25) is 0 Å². The van der Waals surface area contributed by atoms with Gasteiger partial charge in [0.15, 0.2) is 12.2 Å². The highest BCUT2D eigenvalue weighted by Gasteiger charge is 2.30. The lowest BCUT2D eigenvalue weighted by Crippen LogP contribution is -2.30. The van der Waals surface area contributed by atoms with E-state index in [4.69, 9.17) is 37.0 Å². The second-order valence-electron chi connectivity index (χ2n) is 31.4. The number of phosphoric acid groups is 2. The molecule has 0 aliphatic heterocycles. The number of aliphatic hydroxyl groups excluding tert-OH is 1. The van der Waals surface area contributed by atoms with E-state index >= 15 is 0 Å². The predicted octanol–water partition coefficient (Wildman–Crippen LogP) is 25.3. The lowest BCUT2D eigenvalue weighted by atomic mass is 9.99. The molecule has 6 atom stereocenters. The molecule has 103 heavy (non-hydrogen) atoms. The number of hydrogen-bond acceptors (Lipinski definition) is 15. The van der Waals surface area contributed by atoms with Gasteiger partial charge < -0.3 is 33.8 Å². The van der Waals surface area contributed by atoms with Crippen molar-refractivity contribution in [3.05, 3.63) is 0 Å². The number of rotatable bonds is 82. The molecule has 0 heterocycles. The number of aliphatic hydroxyl groups is 1. The van der Waals surface area contributed by atoms with Crippen LogP contribution in [0.4, 0.5) is 0 Å². The van der Waals surface area contributed by atoms with Crippen molar-refractivity contribution in [3.63, 3.8) is 0 Å². The van der Waals surface area contributed by atoms with E-state index in [9.17, 15) is 43.2 Å². The zero-order chi connectivity index (χ0) is 75.8. The lowest BCUT2D eigenvalue weighted by molar-refractivity contribution is -0.161. The van der Waals surface area contributed by atoms with Crippen LogP contribution in [0.15, 0.2) is 0 Å². The molecule has 3 N–H and O–H groups in total. The summed E-state index contributed by atoms with van der Waals surface area (Å²) in [5, 5.41) is 10.7. The molecule has 0 rings (SSSR count). The van der Waals surface area contributed by atoms with Gasteiger partial charge in [-0.15, -0.1) is 0 Å². The van der Waals surface area contributed by atoms with Gasteiger partial charge in [0.25, 0.3) is 0 Å². The average Bonchev–Trinajstić information content (AvgIpc) is 0.917. The largest absolute Gasteiger partial charge is 0.472 e. The van der Waals surface area contributed by atoms with Gasteiger partial charge in [0.05, 0.1) is 26.4 Å². The van der Waals surface area contributed by atoms with E-state index < -0.39 is 97.5 Å². The van der Waals surface area contributed by atoms with Gasteiger partial charge in [-0.1, -0.05) is 389 Å². The van der Waals surface area contributed by atoms with Crippen molar-refractivity contribution < 1.29 is 80.2 Å². The third kappa shape index (κ3) is 76.6. The smallest absolute Gasteiger partial charge is 0.462 e. The summed E-state index contributed by atoms with van der Waals surface area (Å²) in [4.78, 5) is 73.1. The molecule has 0 aromatic heterocycles. The van der Waals surface area contributed by atoms with Crippen LogP contribution >= 0.6 is 15.6 Å². The van der Waals surface area contributed by atoms with Crippen molar-refractivity contribution in [2.24, 2.45) is 17.8 Å². The van der Waals surface area contributed by atoms with Crippen molar-refractivity contribution in [3.8, 4) is 0 Å². The van der Waals surface area contributed by atoms with Crippen LogP contribution in [0.3, 0.4) is 0 Å². The third-order valence-electron chi connectivity index (χ3n) is 20.0. The summed E-state index contributed by atoms with van der Waals surface area (Å²) < 4.78 is 68.8. The van der Waals surface area contributed by atoms with Gasteiger partial charge in [-0.2, -0.15) is 0 Å². The first-order chi connectivity index (χ1) is 49.8. The van der Waals surface area contributed by atoms with E-state index in [-0.39, 0.29) is 25.7 Å². The van der Waals surface area contributed by atoms with Gasteiger partial charge in [0.1, 0.15) is 19.3 Å².